The third kappa shape index (κ3) is 4.49. The molecule has 1 heterocycles. The van der Waals surface area contributed by atoms with Gasteiger partial charge >= 0.3 is 58.4 Å². The number of halogens is 3. The van der Waals surface area contributed by atoms with Gasteiger partial charge in [-0.1, -0.05) is 5.46 Å². The molecule has 0 saturated carbocycles. The summed E-state index contributed by atoms with van der Waals surface area (Å²) in [4.78, 5) is 6.23. The van der Waals surface area contributed by atoms with Gasteiger partial charge in [-0.2, -0.15) is 0 Å². The molecule has 0 aliphatic carbocycles. The Labute approximate surface area is 127 Å². The molecule has 0 radical (unpaired) electrons. The molecule has 10 heteroatoms. The summed E-state index contributed by atoms with van der Waals surface area (Å²) in [5.74, 6) is 0. The van der Waals surface area contributed by atoms with Crippen LogP contribution < -0.4 is 56.8 Å². The Morgan fingerprint density at radius 2 is 1.60 bits per heavy atom. The zero-order chi connectivity index (χ0) is 11.0. The van der Waals surface area contributed by atoms with Gasteiger partial charge < -0.3 is 12.9 Å². The fourth-order valence-corrected chi connectivity index (χ4v) is 1.18. The number of nitrogens with zero attached hydrogens (tertiary/aromatic N) is 2. The normalized spacial score (nSPS) is 12.0. The van der Waals surface area contributed by atoms with Gasteiger partial charge in [-0.3, -0.25) is 0 Å². The van der Waals surface area contributed by atoms with E-state index in [-0.39, 0.29) is 51.4 Å². The molecule has 0 N–H and O–H groups in total. The molecule has 0 saturated heterocycles. The summed E-state index contributed by atoms with van der Waals surface area (Å²) in [6.45, 7) is -5.18. The number of aromatic nitrogens is 2. The molecule has 1 rings (SSSR count). The zero-order valence-electron chi connectivity index (χ0n) is 7.99. The van der Waals surface area contributed by atoms with Gasteiger partial charge in [-0.05, 0) is 0 Å². The third-order valence-corrected chi connectivity index (χ3v) is 2.23. The maximum atomic E-state index is 12.0. The van der Waals surface area contributed by atoms with E-state index in [1.54, 1.807) is 0 Å². The summed E-state index contributed by atoms with van der Waals surface area (Å²) < 4.78 is 57.7. The minimum absolute atomic E-state index is 0. The summed E-state index contributed by atoms with van der Waals surface area (Å²) in [6.07, 6.45) is 1.74. The van der Waals surface area contributed by atoms with Gasteiger partial charge in [-0.15, -0.1) is 0 Å². The monoisotopic (exact) mass is 264 g/mol. The van der Waals surface area contributed by atoms with Crippen molar-refractivity contribution < 1.29 is 72.7 Å². The minimum Gasteiger partial charge on any atom is -0.445 e. The molecule has 1 aromatic heterocycles. The Balaban J connectivity index is 0.00000196. The number of sulfone groups is 1. The average Bonchev–Trinajstić information content (AvgIpc) is 2.01. The van der Waals surface area contributed by atoms with Gasteiger partial charge in [0.15, 0.2) is 0 Å². The predicted molar refractivity (Wildman–Crippen MR) is 43.9 cm³/mol. The van der Waals surface area contributed by atoms with E-state index in [0.717, 1.165) is 6.26 Å². The molecular weight excluding hydrogens is 259 g/mol. The van der Waals surface area contributed by atoms with Crippen LogP contribution >= 0.6 is 0 Å². The summed E-state index contributed by atoms with van der Waals surface area (Å²) in [5.41, 5.74) is -1.02. The Bertz CT molecular complexity index is 433. The van der Waals surface area contributed by atoms with Crippen LogP contribution in [0, 0.1) is 0 Å². The van der Waals surface area contributed by atoms with E-state index in [1.165, 1.54) is 0 Å². The number of hydrogen-bond acceptors (Lipinski definition) is 4. The molecule has 0 aliphatic heterocycles. The van der Waals surface area contributed by atoms with Crippen LogP contribution in [-0.2, 0) is 9.84 Å². The van der Waals surface area contributed by atoms with Gasteiger partial charge in [0, 0.05) is 18.6 Å². The van der Waals surface area contributed by atoms with Gasteiger partial charge in [0.25, 0.3) is 0 Å². The van der Waals surface area contributed by atoms with Crippen LogP contribution in [0.5, 0.6) is 0 Å². The second-order valence-corrected chi connectivity index (χ2v) is 4.56. The Morgan fingerprint density at radius 3 is 1.87 bits per heavy atom. The molecule has 4 nitrogen and oxygen atoms in total. The molecule has 0 fully saturated rings. The molecule has 0 bridgehead atoms. The third-order valence-electron chi connectivity index (χ3n) is 1.36. The quantitative estimate of drug-likeness (QED) is 0.420. The van der Waals surface area contributed by atoms with Gasteiger partial charge in [-0.25, -0.2) is 18.4 Å². The van der Waals surface area contributed by atoms with E-state index in [2.05, 4.69) is 9.97 Å². The predicted octanol–water partition coefficient (Wildman–Crippen LogP) is -3.06. The van der Waals surface area contributed by atoms with Crippen molar-refractivity contribution in [3.63, 3.8) is 0 Å². The van der Waals surface area contributed by atoms with Crippen LogP contribution in [0.2, 0.25) is 0 Å². The topological polar surface area (TPSA) is 59.9 Å². The maximum absolute atomic E-state index is 12.0. The summed E-state index contributed by atoms with van der Waals surface area (Å²) in [7, 11) is -3.65. The van der Waals surface area contributed by atoms with Crippen LogP contribution in [0.4, 0.5) is 12.9 Å². The van der Waals surface area contributed by atoms with Crippen LogP contribution in [0.15, 0.2) is 17.6 Å². The zero-order valence-corrected chi connectivity index (χ0v) is 11.9. The Hall–Kier alpha value is 0.521. The second-order valence-electron chi connectivity index (χ2n) is 2.65. The van der Waals surface area contributed by atoms with Crippen molar-refractivity contribution in [2.75, 3.05) is 6.26 Å². The molecule has 0 amide bonds. The van der Waals surface area contributed by atoms with Gasteiger partial charge in [0.1, 0.15) is 0 Å². The second kappa shape index (κ2) is 5.23. The first-order valence-corrected chi connectivity index (χ1v) is 5.32. The van der Waals surface area contributed by atoms with E-state index < -0.39 is 27.4 Å². The largest absolute Gasteiger partial charge is 1.00 e. The summed E-state index contributed by atoms with van der Waals surface area (Å²) >= 11 is 0. The standard InChI is InChI=1S/C5H5BF3N2O2S.K/c1-14(12,13)5-10-2-4(3-11-5)6(7,8)9;/h2-3H,1H3;/q-1;+1. The van der Waals surface area contributed by atoms with Crippen LogP contribution in [0.25, 0.3) is 0 Å². The maximum Gasteiger partial charge on any atom is 1.00 e. The first-order chi connectivity index (χ1) is 6.21. The van der Waals surface area contributed by atoms with Crippen molar-refractivity contribution in [1.82, 2.24) is 9.97 Å². The van der Waals surface area contributed by atoms with E-state index in [9.17, 15) is 21.4 Å². The van der Waals surface area contributed by atoms with E-state index >= 15 is 0 Å². The van der Waals surface area contributed by atoms with Crippen LogP contribution in [-0.4, -0.2) is 31.6 Å². The van der Waals surface area contributed by atoms with Crippen molar-refractivity contribution in [2.45, 2.75) is 5.16 Å². The van der Waals surface area contributed by atoms with Crippen LogP contribution in [0.1, 0.15) is 0 Å². The molecule has 0 spiro atoms. The van der Waals surface area contributed by atoms with Crippen molar-refractivity contribution in [3.8, 4) is 0 Å². The molecule has 78 valence electrons. The molecular formula is C5H5BF3KN2O2S. The van der Waals surface area contributed by atoms with Crippen molar-refractivity contribution >= 4 is 22.3 Å². The Morgan fingerprint density at radius 1 is 1.20 bits per heavy atom. The van der Waals surface area contributed by atoms with Crippen molar-refractivity contribution in [3.05, 3.63) is 12.4 Å². The smallest absolute Gasteiger partial charge is 0.445 e. The number of hydrogen-bond donors (Lipinski definition) is 0. The van der Waals surface area contributed by atoms with Crippen molar-refractivity contribution in [1.29, 1.82) is 0 Å². The number of rotatable bonds is 2. The van der Waals surface area contributed by atoms with Gasteiger partial charge in [0.05, 0.1) is 0 Å². The first kappa shape index (κ1) is 15.5. The molecule has 15 heavy (non-hydrogen) atoms. The van der Waals surface area contributed by atoms with Gasteiger partial charge in [0.2, 0.25) is 15.0 Å². The Kier molecular flexibility index (Phi) is 5.42. The molecule has 0 unspecified atom stereocenters. The van der Waals surface area contributed by atoms with E-state index in [1.807, 2.05) is 0 Å². The molecule has 0 aliphatic rings. The van der Waals surface area contributed by atoms with Crippen molar-refractivity contribution in [2.24, 2.45) is 0 Å². The molecule has 0 aromatic carbocycles. The summed E-state index contributed by atoms with van der Waals surface area (Å²) in [6, 6.07) is 0. The first-order valence-electron chi connectivity index (χ1n) is 3.43. The van der Waals surface area contributed by atoms with E-state index in [0.29, 0.717) is 12.4 Å². The average molecular weight is 264 g/mol. The fourth-order valence-electron chi connectivity index (χ4n) is 0.687. The molecule has 1 aromatic rings. The summed E-state index contributed by atoms with van der Waals surface area (Å²) in [5, 5.41) is -0.610. The van der Waals surface area contributed by atoms with E-state index in [4.69, 9.17) is 0 Å². The molecule has 0 atom stereocenters. The SMILES string of the molecule is CS(=O)(=O)c1ncc([B-](F)(F)F)cn1.[K+]. The minimum atomic E-state index is -5.18. The fraction of sp³-hybridized carbons (Fsp3) is 0.200. The van der Waals surface area contributed by atoms with Crippen LogP contribution in [0.3, 0.4) is 0 Å².